The van der Waals surface area contributed by atoms with Gasteiger partial charge in [0.15, 0.2) is 0 Å². The van der Waals surface area contributed by atoms with Gasteiger partial charge in [0, 0.05) is 24.9 Å². The van der Waals surface area contributed by atoms with E-state index in [9.17, 15) is 0 Å². The molecule has 1 aliphatic carbocycles. The molecule has 1 aromatic rings. The molecule has 0 saturated heterocycles. The van der Waals surface area contributed by atoms with Crippen molar-refractivity contribution in [2.24, 2.45) is 0 Å². The highest BCUT2D eigenvalue weighted by Crippen LogP contribution is 2.26. The fourth-order valence-corrected chi connectivity index (χ4v) is 1.86. The van der Waals surface area contributed by atoms with Crippen LogP contribution in [0.5, 0.6) is 0 Å². The SMILES string of the molecule is COCCO[C@H]1C[C@@H](Nc2cc(C)ncn2)C1. The van der Waals surface area contributed by atoms with Crippen LogP contribution in [0.15, 0.2) is 12.4 Å². The third kappa shape index (κ3) is 3.64. The minimum absolute atomic E-state index is 0.366. The average Bonchev–Trinajstić information content (AvgIpc) is 2.26. The normalized spacial score (nSPS) is 23.2. The number of methoxy groups -OCH3 is 1. The molecule has 0 aliphatic heterocycles. The zero-order chi connectivity index (χ0) is 12.1. The Bertz CT molecular complexity index is 353. The third-order valence-electron chi connectivity index (χ3n) is 2.89. The first-order valence-electron chi connectivity index (χ1n) is 5.93. The van der Waals surface area contributed by atoms with E-state index in [-0.39, 0.29) is 0 Å². The summed E-state index contributed by atoms with van der Waals surface area (Å²) in [5.41, 5.74) is 0.981. The highest BCUT2D eigenvalue weighted by molar-refractivity contribution is 5.36. The van der Waals surface area contributed by atoms with Crippen LogP contribution in [0.2, 0.25) is 0 Å². The van der Waals surface area contributed by atoms with Crippen LogP contribution in [0.4, 0.5) is 5.82 Å². The van der Waals surface area contributed by atoms with Crippen molar-refractivity contribution >= 4 is 5.82 Å². The van der Waals surface area contributed by atoms with E-state index in [1.54, 1.807) is 13.4 Å². The minimum Gasteiger partial charge on any atom is -0.382 e. The molecule has 0 aromatic carbocycles. The lowest BCUT2D eigenvalue weighted by atomic mass is 9.89. The maximum absolute atomic E-state index is 5.61. The van der Waals surface area contributed by atoms with Crippen LogP contribution in [0.1, 0.15) is 18.5 Å². The molecule has 1 saturated carbocycles. The van der Waals surface area contributed by atoms with Crippen LogP contribution < -0.4 is 5.32 Å². The summed E-state index contributed by atoms with van der Waals surface area (Å²) < 4.78 is 10.6. The summed E-state index contributed by atoms with van der Waals surface area (Å²) >= 11 is 0. The first-order chi connectivity index (χ1) is 8.28. The van der Waals surface area contributed by atoms with Crippen molar-refractivity contribution in [1.82, 2.24) is 9.97 Å². The summed E-state index contributed by atoms with van der Waals surface area (Å²) in [6.45, 7) is 3.31. The summed E-state index contributed by atoms with van der Waals surface area (Å²) in [5.74, 6) is 0.901. The van der Waals surface area contributed by atoms with Gasteiger partial charge in [0.05, 0.1) is 19.3 Å². The average molecular weight is 237 g/mol. The highest BCUT2D eigenvalue weighted by Gasteiger charge is 2.29. The van der Waals surface area contributed by atoms with E-state index < -0.39 is 0 Å². The molecule has 1 aromatic heterocycles. The molecule has 0 spiro atoms. The molecule has 1 N–H and O–H groups in total. The third-order valence-corrected chi connectivity index (χ3v) is 2.89. The summed E-state index contributed by atoms with van der Waals surface area (Å²) in [4.78, 5) is 8.24. The van der Waals surface area contributed by atoms with Gasteiger partial charge in [-0.05, 0) is 19.8 Å². The van der Waals surface area contributed by atoms with Gasteiger partial charge >= 0.3 is 0 Å². The van der Waals surface area contributed by atoms with E-state index in [0.717, 1.165) is 24.4 Å². The Labute approximate surface area is 102 Å². The number of aryl methyl sites for hydroxylation is 1. The van der Waals surface area contributed by atoms with Gasteiger partial charge in [-0.3, -0.25) is 0 Å². The maximum Gasteiger partial charge on any atom is 0.129 e. The molecule has 0 atom stereocenters. The molecular formula is C12H19N3O2. The van der Waals surface area contributed by atoms with E-state index in [2.05, 4.69) is 15.3 Å². The number of hydrogen-bond acceptors (Lipinski definition) is 5. The Hall–Kier alpha value is -1.20. The molecule has 1 fully saturated rings. The molecule has 0 radical (unpaired) electrons. The molecule has 0 amide bonds. The largest absolute Gasteiger partial charge is 0.382 e. The highest BCUT2D eigenvalue weighted by atomic mass is 16.5. The van der Waals surface area contributed by atoms with E-state index >= 15 is 0 Å². The van der Waals surface area contributed by atoms with Crippen LogP contribution in [0.3, 0.4) is 0 Å². The van der Waals surface area contributed by atoms with E-state index in [1.165, 1.54) is 0 Å². The Morgan fingerprint density at radius 3 is 2.88 bits per heavy atom. The van der Waals surface area contributed by atoms with Gasteiger partial charge in [0.25, 0.3) is 0 Å². The predicted octanol–water partition coefficient (Wildman–Crippen LogP) is 1.39. The maximum atomic E-state index is 5.61. The van der Waals surface area contributed by atoms with Gasteiger partial charge in [-0.2, -0.15) is 0 Å². The lowest BCUT2D eigenvalue weighted by Gasteiger charge is -2.35. The van der Waals surface area contributed by atoms with Crippen molar-refractivity contribution in [3.8, 4) is 0 Å². The quantitative estimate of drug-likeness (QED) is 0.758. The lowest BCUT2D eigenvalue weighted by Crippen LogP contribution is -2.41. The first-order valence-corrected chi connectivity index (χ1v) is 5.93. The van der Waals surface area contributed by atoms with Gasteiger partial charge in [-0.1, -0.05) is 0 Å². The number of aromatic nitrogens is 2. The van der Waals surface area contributed by atoms with E-state index in [4.69, 9.17) is 9.47 Å². The van der Waals surface area contributed by atoms with Gasteiger partial charge in [0.2, 0.25) is 0 Å². The molecule has 94 valence electrons. The summed E-state index contributed by atoms with van der Waals surface area (Å²) in [6.07, 6.45) is 4.02. The Morgan fingerprint density at radius 1 is 1.35 bits per heavy atom. The number of nitrogens with zero attached hydrogens (tertiary/aromatic N) is 2. The van der Waals surface area contributed by atoms with Crippen molar-refractivity contribution < 1.29 is 9.47 Å². The molecular weight excluding hydrogens is 218 g/mol. The van der Waals surface area contributed by atoms with Crippen LogP contribution in [-0.4, -0.2) is 42.4 Å². The second-order valence-electron chi connectivity index (χ2n) is 4.34. The number of ether oxygens (including phenoxy) is 2. The molecule has 1 heterocycles. The number of nitrogens with one attached hydrogen (secondary N) is 1. The molecule has 0 bridgehead atoms. The molecule has 2 rings (SSSR count). The zero-order valence-corrected chi connectivity index (χ0v) is 10.3. The van der Waals surface area contributed by atoms with Crippen molar-refractivity contribution in [2.75, 3.05) is 25.6 Å². The van der Waals surface area contributed by atoms with Crippen molar-refractivity contribution in [3.63, 3.8) is 0 Å². The van der Waals surface area contributed by atoms with Gasteiger partial charge in [-0.25, -0.2) is 9.97 Å². The number of rotatable bonds is 6. The zero-order valence-electron chi connectivity index (χ0n) is 10.3. The Morgan fingerprint density at radius 2 is 2.18 bits per heavy atom. The Kier molecular flexibility index (Phi) is 4.28. The first kappa shape index (κ1) is 12.3. The van der Waals surface area contributed by atoms with E-state index in [0.29, 0.717) is 25.4 Å². The van der Waals surface area contributed by atoms with Crippen molar-refractivity contribution in [1.29, 1.82) is 0 Å². The number of hydrogen-bond donors (Lipinski definition) is 1. The molecule has 1 aliphatic rings. The minimum atomic E-state index is 0.366. The molecule has 0 unspecified atom stereocenters. The fourth-order valence-electron chi connectivity index (χ4n) is 1.86. The number of anilines is 1. The predicted molar refractivity (Wildman–Crippen MR) is 65.0 cm³/mol. The monoisotopic (exact) mass is 237 g/mol. The van der Waals surface area contributed by atoms with E-state index in [1.807, 2.05) is 13.0 Å². The second-order valence-corrected chi connectivity index (χ2v) is 4.34. The molecule has 17 heavy (non-hydrogen) atoms. The summed E-state index contributed by atoms with van der Waals surface area (Å²) in [7, 11) is 1.69. The van der Waals surface area contributed by atoms with Gasteiger partial charge in [-0.15, -0.1) is 0 Å². The molecule has 5 heteroatoms. The van der Waals surface area contributed by atoms with Gasteiger partial charge < -0.3 is 14.8 Å². The Balaban J connectivity index is 1.67. The van der Waals surface area contributed by atoms with Crippen LogP contribution in [0.25, 0.3) is 0 Å². The van der Waals surface area contributed by atoms with Crippen LogP contribution >= 0.6 is 0 Å². The smallest absolute Gasteiger partial charge is 0.129 e. The summed E-state index contributed by atoms with van der Waals surface area (Å²) in [6, 6.07) is 2.43. The van der Waals surface area contributed by atoms with Crippen molar-refractivity contribution in [2.45, 2.75) is 31.9 Å². The standard InChI is InChI=1S/C12H19N3O2/c1-9-5-12(14-8-13-9)15-10-6-11(7-10)17-4-3-16-2/h5,8,10-11H,3-4,6-7H2,1-2H3,(H,13,14,15)/t10-,11+. The van der Waals surface area contributed by atoms with Crippen molar-refractivity contribution in [3.05, 3.63) is 18.1 Å². The van der Waals surface area contributed by atoms with Crippen LogP contribution in [-0.2, 0) is 9.47 Å². The topological polar surface area (TPSA) is 56.3 Å². The second kappa shape index (κ2) is 5.93. The van der Waals surface area contributed by atoms with Crippen LogP contribution in [0, 0.1) is 6.92 Å². The molecule has 5 nitrogen and oxygen atoms in total. The van der Waals surface area contributed by atoms with Gasteiger partial charge in [0.1, 0.15) is 12.1 Å². The summed E-state index contributed by atoms with van der Waals surface area (Å²) in [5, 5.41) is 3.38. The lowest BCUT2D eigenvalue weighted by molar-refractivity contribution is -0.0261. The fraction of sp³-hybridized carbons (Fsp3) is 0.667.